The number of aliphatic hydroxyl groups excluding tert-OH is 1. The summed E-state index contributed by atoms with van der Waals surface area (Å²) in [4.78, 5) is 8.71. The summed E-state index contributed by atoms with van der Waals surface area (Å²) in [5, 5.41) is 8.79. The molecule has 0 aromatic carbocycles. The Morgan fingerprint density at radius 3 is 2.44 bits per heavy atom. The number of pyridine rings is 2. The molecule has 0 aliphatic heterocycles. The minimum atomic E-state index is 0.261. The van der Waals surface area contributed by atoms with Gasteiger partial charge in [0.05, 0.1) is 11.4 Å². The Bertz CT molecular complexity index is 511. The molecule has 3 heteroatoms. The molecule has 94 valence electrons. The van der Waals surface area contributed by atoms with E-state index >= 15 is 0 Å². The van der Waals surface area contributed by atoms with Gasteiger partial charge < -0.3 is 5.11 Å². The van der Waals surface area contributed by atoms with Crippen molar-refractivity contribution in [3.8, 4) is 11.4 Å². The SMILES string of the molecule is Cc1ccnc(-c2cc(CCCCO)ccn2)c1. The van der Waals surface area contributed by atoms with E-state index in [1.54, 1.807) is 0 Å². The molecule has 0 atom stereocenters. The van der Waals surface area contributed by atoms with E-state index in [4.69, 9.17) is 5.11 Å². The average molecular weight is 242 g/mol. The highest BCUT2D eigenvalue weighted by Crippen LogP contribution is 2.17. The molecule has 2 heterocycles. The number of unbranched alkanes of at least 4 members (excludes halogenated alkanes) is 1. The molecule has 1 N–H and O–H groups in total. The summed E-state index contributed by atoms with van der Waals surface area (Å²) in [7, 11) is 0. The van der Waals surface area contributed by atoms with Crippen molar-refractivity contribution in [2.75, 3.05) is 6.61 Å². The lowest BCUT2D eigenvalue weighted by Crippen LogP contribution is -1.92. The van der Waals surface area contributed by atoms with Gasteiger partial charge in [-0.05, 0) is 61.6 Å². The van der Waals surface area contributed by atoms with Crippen LogP contribution in [-0.2, 0) is 6.42 Å². The zero-order valence-corrected chi connectivity index (χ0v) is 10.6. The summed E-state index contributed by atoms with van der Waals surface area (Å²) in [5.74, 6) is 0. The molecular weight excluding hydrogens is 224 g/mol. The van der Waals surface area contributed by atoms with Gasteiger partial charge in [-0.1, -0.05) is 0 Å². The van der Waals surface area contributed by atoms with Crippen molar-refractivity contribution in [1.82, 2.24) is 9.97 Å². The lowest BCUT2D eigenvalue weighted by atomic mass is 10.1. The van der Waals surface area contributed by atoms with Crippen LogP contribution in [0.4, 0.5) is 0 Å². The fourth-order valence-electron chi connectivity index (χ4n) is 1.89. The molecule has 0 spiro atoms. The number of aryl methyl sites for hydroxylation is 2. The first-order chi connectivity index (χ1) is 8.79. The first kappa shape index (κ1) is 12.7. The summed E-state index contributed by atoms with van der Waals surface area (Å²) < 4.78 is 0. The number of aliphatic hydroxyl groups is 1. The van der Waals surface area contributed by atoms with Crippen LogP contribution in [0.3, 0.4) is 0 Å². The third kappa shape index (κ3) is 3.37. The summed E-state index contributed by atoms with van der Waals surface area (Å²) in [5.41, 5.74) is 4.27. The van der Waals surface area contributed by atoms with Crippen molar-refractivity contribution in [3.63, 3.8) is 0 Å². The van der Waals surface area contributed by atoms with Crippen LogP contribution < -0.4 is 0 Å². The third-order valence-electron chi connectivity index (χ3n) is 2.88. The van der Waals surface area contributed by atoms with Gasteiger partial charge in [-0.3, -0.25) is 9.97 Å². The monoisotopic (exact) mass is 242 g/mol. The average Bonchev–Trinajstić information content (AvgIpc) is 2.39. The van der Waals surface area contributed by atoms with Gasteiger partial charge in [0.1, 0.15) is 0 Å². The first-order valence-electron chi connectivity index (χ1n) is 6.28. The van der Waals surface area contributed by atoms with Crippen molar-refractivity contribution < 1.29 is 5.11 Å². The zero-order valence-electron chi connectivity index (χ0n) is 10.6. The predicted octanol–water partition coefficient (Wildman–Crippen LogP) is 2.77. The van der Waals surface area contributed by atoms with Gasteiger partial charge in [-0.25, -0.2) is 0 Å². The van der Waals surface area contributed by atoms with Crippen LogP contribution in [0.1, 0.15) is 24.0 Å². The molecule has 0 aliphatic rings. The van der Waals surface area contributed by atoms with Crippen LogP contribution in [-0.4, -0.2) is 21.7 Å². The largest absolute Gasteiger partial charge is 0.396 e. The van der Waals surface area contributed by atoms with Crippen LogP contribution in [0.25, 0.3) is 11.4 Å². The number of hydrogen-bond acceptors (Lipinski definition) is 3. The predicted molar refractivity (Wildman–Crippen MR) is 72.2 cm³/mol. The van der Waals surface area contributed by atoms with Crippen LogP contribution in [0, 0.1) is 6.92 Å². The second kappa shape index (κ2) is 6.26. The van der Waals surface area contributed by atoms with E-state index in [0.717, 1.165) is 30.7 Å². The van der Waals surface area contributed by atoms with Crippen LogP contribution in [0.15, 0.2) is 36.7 Å². The Hall–Kier alpha value is -1.74. The smallest absolute Gasteiger partial charge is 0.0888 e. The summed E-state index contributed by atoms with van der Waals surface area (Å²) >= 11 is 0. The van der Waals surface area contributed by atoms with E-state index in [2.05, 4.69) is 23.0 Å². The summed E-state index contributed by atoms with van der Waals surface area (Å²) in [6, 6.07) is 8.13. The lowest BCUT2D eigenvalue weighted by Gasteiger charge is -2.04. The van der Waals surface area contributed by atoms with Gasteiger partial charge in [-0.2, -0.15) is 0 Å². The number of rotatable bonds is 5. The normalized spacial score (nSPS) is 10.6. The standard InChI is InChI=1S/C15H18N2O/c1-12-5-7-16-14(10-12)15-11-13(6-8-17-15)4-2-3-9-18/h5-8,10-11,18H,2-4,9H2,1H3. The van der Waals surface area contributed by atoms with Crippen molar-refractivity contribution in [1.29, 1.82) is 0 Å². The second-order valence-corrected chi connectivity index (χ2v) is 4.45. The molecule has 3 nitrogen and oxygen atoms in total. The molecule has 0 saturated carbocycles. The molecule has 0 radical (unpaired) electrons. The molecular formula is C15H18N2O. The van der Waals surface area contributed by atoms with Crippen molar-refractivity contribution >= 4 is 0 Å². The zero-order chi connectivity index (χ0) is 12.8. The molecule has 18 heavy (non-hydrogen) atoms. The molecule has 0 saturated heterocycles. The van der Waals surface area contributed by atoms with Crippen LogP contribution in [0.5, 0.6) is 0 Å². The van der Waals surface area contributed by atoms with Crippen LogP contribution >= 0.6 is 0 Å². The Morgan fingerprint density at radius 2 is 1.72 bits per heavy atom. The first-order valence-corrected chi connectivity index (χ1v) is 6.28. The molecule has 2 rings (SSSR count). The number of aromatic nitrogens is 2. The topological polar surface area (TPSA) is 46.0 Å². The van der Waals surface area contributed by atoms with Crippen molar-refractivity contribution in [2.24, 2.45) is 0 Å². The molecule has 0 unspecified atom stereocenters. The number of hydrogen-bond donors (Lipinski definition) is 1. The lowest BCUT2D eigenvalue weighted by molar-refractivity contribution is 0.284. The Labute approximate surface area is 108 Å². The third-order valence-corrected chi connectivity index (χ3v) is 2.88. The van der Waals surface area contributed by atoms with E-state index in [9.17, 15) is 0 Å². The van der Waals surface area contributed by atoms with E-state index in [1.165, 1.54) is 11.1 Å². The molecule has 0 bridgehead atoms. The van der Waals surface area contributed by atoms with Gasteiger partial charge in [0.25, 0.3) is 0 Å². The van der Waals surface area contributed by atoms with Gasteiger partial charge in [0, 0.05) is 19.0 Å². The fraction of sp³-hybridized carbons (Fsp3) is 0.333. The second-order valence-electron chi connectivity index (χ2n) is 4.45. The van der Waals surface area contributed by atoms with Gasteiger partial charge >= 0.3 is 0 Å². The highest BCUT2D eigenvalue weighted by molar-refractivity contribution is 5.55. The maximum absolute atomic E-state index is 8.79. The van der Waals surface area contributed by atoms with E-state index in [0.29, 0.717) is 0 Å². The van der Waals surface area contributed by atoms with Gasteiger partial charge in [-0.15, -0.1) is 0 Å². The van der Waals surface area contributed by atoms with E-state index in [-0.39, 0.29) is 6.61 Å². The quantitative estimate of drug-likeness (QED) is 0.820. The molecule has 0 amide bonds. The minimum Gasteiger partial charge on any atom is -0.396 e. The summed E-state index contributed by atoms with van der Waals surface area (Å²) in [6.07, 6.45) is 6.46. The maximum Gasteiger partial charge on any atom is 0.0888 e. The fourth-order valence-corrected chi connectivity index (χ4v) is 1.89. The van der Waals surface area contributed by atoms with Crippen LogP contribution in [0.2, 0.25) is 0 Å². The van der Waals surface area contributed by atoms with E-state index in [1.807, 2.05) is 30.6 Å². The molecule has 0 fully saturated rings. The van der Waals surface area contributed by atoms with Crippen molar-refractivity contribution in [2.45, 2.75) is 26.2 Å². The Balaban J connectivity index is 2.16. The molecule has 0 aliphatic carbocycles. The highest BCUT2D eigenvalue weighted by Gasteiger charge is 2.02. The highest BCUT2D eigenvalue weighted by atomic mass is 16.2. The van der Waals surface area contributed by atoms with Crippen molar-refractivity contribution in [3.05, 3.63) is 47.8 Å². The number of nitrogens with zero attached hydrogens (tertiary/aromatic N) is 2. The summed E-state index contributed by atoms with van der Waals surface area (Å²) in [6.45, 7) is 2.31. The van der Waals surface area contributed by atoms with E-state index < -0.39 is 0 Å². The minimum absolute atomic E-state index is 0.261. The van der Waals surface area contributed by atoms with Gasteiger partial charge in [0.2, 0.25) is 0 Å². The molecule has 2 aromatic heterocycles. The maximum atomic E-state index is 8.79. The molecule has 2 aromatic rings. The Morgan fingerprint density at radius 1 is 1.00 bits per heavy atom. The Kier molecular flexibility index (Phi) is 4.42. The van der Waals surface area contributed by atoms with Gasteiger partial charge in [0.15, 0.2) is 0 Å².